The summed E-state index contributed by atoms with van der Waals surface area (Å²) in [7, 11) is 0. The van der Waals surface area contributed by atoms with Gasteiger partial charge < -0.3 is 10.6 Å². The highest BCUT2D eigenvalue weighted by atomic mass is 32.1. The zero-order chi connectivity index (χ0) is 15.0. The molecule has 1 aliphatic rings. The molecule has 7 heteroatoms. The number of hydrogen-bond acceptors (Lipinski definition) is 6. The topological polar surface area (TPSA) is 58.3 Å². The number of hydrogen-bond donors (Lipinski definition) is 1. The van der Waals surface area contributed by atoms with Crippen molar-refractivity contribution in [2.24, 2.45) is 5.73 Å². The number of thiophene rings is 1. The van der Waals surface area contributed by atoms with Crippen LogP contribution < -0.4 is 10.6 Å². The van der Waals surface area contributed by atoms with Gasteiger partial charge >= 0.3 is 0 Å². The Bertz CT molecular complexity index is 673. The van der Waals surface area contributed by atoms with Crippen LogP contribution in [0.3, 0.4) is 0 Å². The minimum absolute atomic E-state index is 0.567. The summed E-state index contributed by atoms with van der Waals surface area (Å²) in [5.41, 5.74) is 6.93. The van der Waals surface area contributed by atoms with E-state index >= 15 is 0 Å². The third kappa shape index (κ3) is 2.86. The van der Waals surface area contributed by atoms with E-state index in [9.17, 15) is 0 Å². The molecule has 0 aliphatic carbocycles. The first-order valence-electron chi connectivity index (χ1n) is 7.02. The van der Waals surface area contributed by atoms with Crippen LogP contribution in [0.2, 0.25) is 0 Å². The van der Waals surface area contributed by atoms with E-state index in [1.54, 1.807) is 17.7 Å². The Balaban J connectivity index is 1.84. The lowest BCUT2D eigenvalue weighted by molar-refractivity contribution is 0.292. The van der Waals surface area contributed by atoms with E-state index in [2.05, 4.69) is 33.6 Å². The Morgan fingerprint density at radius 3 is 2.67 bits per heavy atom. The molecule has 0 amide bonds. The largest absolute Gasteiger partial charge is 0.392 e. The summed E-state index contributed by atoms with van der Waals surface area (Å²) in [6, 6.07) is 0. The molecular formula is C14H19N5S2. The molecule has 0 spiro atoms. The fourth-order valence-electron chi connectivity index (χ4n) is 2.74. The van der Waals surface area contributed by atoms with Gasteiger partial charge in [-0.25, -0.2) is 9.97 Å². The third-order valence-electron chi connectivity index (χ3n) is 4.00. The molecule has 2 aromatic heterocycles. The van der Waals surface area contributed by atoms with E-state index in [1.807, 2.05) is 0 Å². The summed E-state index contributed by atoms with van der Waals surface area (Å²) >= 11 is 6.73. The molecule has 5 nitrogen and oxygen atoms in total. The Hall–Kier alpha value is -1.31. The predicted molar refractivity (Wildman–Crippen MR) is 92.3 cm³/mol. The number of nitrogens with zero attached hydrogens (tertiary/aromatic N) is 4. The number of aryl methyl sites for hydroxylation is 2. The maximum absolute atomic E-state index is 5.62. The molecular weight excluding hydrogens is 302 g/mol. The van der Waals surface area contributed by atoms with Crippen LogP contribution in [0.25, 0.3) is 10.2 Å². The molecule has 3 heterocycles. The molecule has 2 N–H and O–H groups in total. The highest BCUT2D eigenvalue weighted by Gasteiger charge is 2.22. The van der Waals surface area contributed by atoms with Crippen LogP contribution in [0, 0.1) is 13.8 Å². The zero-order valence-corrected chi connectivity index (χ0v) is 13.9. The molecule has 0 bridgehead atoms. The molecule has 0 unspecified atom stereocenters. The van der Waals surface area contributed by atoms with Crippen LogP contribution in [-0.4, -0.2) is 52.6 Å². The van der Waals surface area contributed by atoms with Crippen LogP contribution >= 0.6 is 23.6 Å². The molecule has 2 aromatic rings. The second-order valence-electron chi connectivity index (χ2n) is 5.39. The number of anilines is 1. The van der Waals surface area contributed by atoms with Gasteiger partial charge in [-0.2, -0.15) is 0 Å². The quantitative estimate of drug-likeness (QED) is 0.869. The van der Waals surface area contributed by atoms with Crippen LogP contribution in [0.1, 0.15) is 10.4 Å². The average molecular weight is 321 g/mol. The fraction of sp³-hybridized carbons (Fsp3) is 0.500. The number of fused-ring (bicyclic) bond motifs is 1. The van der Waals surface area contributed by atoms with Crippen molar-refractivity contribution in [3.63, 3.8) is 0 Å². The van der Waals surface area contributed by atoms with E-state index in [0.29, 0.717) is 11.5 Å². The second-order valence-corrected chi connectivity index (χ2v) is 7.12. The highest BCUT2D eigenvalue weighted by Crippen LogP contribution is 2.34. The van der Waals surface area contributed by atoms with Crippen molar-refractivity contribution in [1.29, 1.82) is 0 Å². The molecule has 3 rings (SSSR count). The van der Waals surface area contributed by atoms with Crippen molar-refractivity contribution in [2.45, 2.75) is 13.8 Å². The summed E-state index contributed by atoms with van der Waals surface area (Å²) in [6.45, 7) is 8.83. The molecule has 1 aliphatic heterocycles. The van der Waals surface area contributed by atoms with E-state index in [1.165, 1.54) is 15.8 Å². The zero-order valence-electron chi connectivity index (χ0n) is 12.3. The fourth-order valence-corrected chi connectivity index (χ4v) is 3.92. The summed E-state index contributed by atoms with van der Waals surface area (Å²) < 4.78 is 0. The third-order valence-corrected chi connectivity index (χ3v) is 5.24. The lowest BCUT2D eigenvalue weighted by Crippen LogP contribution is -2.48. The van der Waals surface area contributed by atoms with E-state index in [4.69, 9.17) is 18.0 Å². The van der Waals surface area contributed by atoms with Crippen LogP contribution in [-0.2, 0) is 0 Å². The predicted octanol–water partition coefficient (Wildman–Crippen LogP) is 1.72. The van der Waals surface area contributed by atoms with Crippen LogP contribution in [0.15, 0.2) is 6.33 Å². The first kappa shape index (κ1) is 14.6. The van der Waals surface area contributed by atoms with Crippen molar-refractivity contribution in [1.82, 2.24) is 14.9 Å². The number of thiocarbonyl (C=S) groups is 1. The summed E-state index contributed by atoms with van der Waals surface area (Å²) in [6.07, 6.45) is 1.68. The Labute approximate surface area is 133 Å². The van der Waals surface area contributed by atoms with Gasteiger partial charge in [0.05, 0.1) is 10.4 Å². The molecule has 0 aromatic carbocycles. The van der Waals surface area contributed by atoms with Crippen molar-refractivity contribution in [2.75, 3.05) is 37.6 Å². The molecule has 1 fully saturated rings. The number of nitrogens with two attached hydrogens (primary N) is 1. The number of rotatable bonds is 3. The van der Waals surface area contributed by atoms with Gasteiger partial charge in [-0.15, -0.1) is 11.3 Å². The standard InChI is InChI=1S/C14H19N5S2/c1-9-10(2)21-14-12(9)13(16-8-17-14)19-5-3-18(4-6-19)7-11(15)20/h8H,3-7H2,1-2H3,(H2,15,20). The molecule has 112 valence electrons. The first-order valence-corrected chi connectivity index (χ1v) is 8.25. The van der Waals surface area contributed by atoms with Gasteiger partial charge in [0.1, 0.15) is 17.0 Å². The van der Waals surface area contributed by atoms with Crippen molar-refractivity contribution >= 4 is 44.6 Å². The Kier molecular flexibility index (Phi) is 4.05. The minimum atomic E-state index is 0.567. The van der Waals surface area contributed by atoms with Crippen LogP contribution in [0.5, 0.6) is 0 Å². The normalized spacial score (nSPS) is 16.6. The van der Waals surface area contributed by atoms with Gasteiger partial charge in [0, 0.05) is 37.6 Å². The monoisotopic (exact) mass is 321 g/mol. The van der Waals surface area contributed by atoms with E-state index < -0.39 is 0 Å². The van der Waals surface area contributed by atoms with Gasteiger partial charge in [0.25, 0.3) is 0 Å². The Morgan fingerprint density at radius 2 is 2.00 bits per heavy atom. The SMILES string of the molecule is Cc1sc2ncnc(N3CCN(CC(N)=S)CC3)c2c1C. The minimum Gasteiger partial charge on any atom is -0.392 e. The highest BCUT2D eigenvalue weighted by molar-refractivity contribution is 7.80. The first-order chi connectivity index (χ1) is 10.1. The number of piperazine rings is 1. The van der Waals surface area contributed by atoms with Crippen molar-refractivity contribution in [3.05, 3.63) is 16.8 Å². The second kappa shape index (κ2) is 5.82. The molecule has 21 heavy (non-hydrogen) atoms. The van der Waals surface area contributed by atoms with Gasteiger partial charge in [0.2, 0.25) is 0 Å². The van der Waals surface area contributed by atoms with E-state index in [-0.39, 0.29) is 0 Å². The van der Waals surface area contributed by atoms with Gasteiger partial charge in [-0.3, -0.25) is 4.90 Å². The smallest absolute Gasteiger partial charge is 0.141 e. The van der Waals surface area contributed by atoms with Gasteiger partial charge in [-0.05, 0) is 19.4 Å². The van der Waals surface area contributed by atoms with Crippen LogP contribution in [0.4, 0.5) is 5.82 Å². The lowest BCUT2D eigenvalue weighted by atomic mass is 10.2. The molecule has 0 radical (unpaired) electrons. The molecule has 0 saturated carbocycles. The summed E-state index contributed by atoms with van der Waals surface area (Å²) in [5, 5.41) is 1.21. The maximum Gasteiger partial charge on any atom is 0.141 e. The van der Waals surface area contributed by atoms with E-state index in [0.717, 1.165) is 36.8 Å². The van der Waals surface area contributed by atoms with Crippen molar-refractivity contribution < 1.29 is 0 Å². The average Bonchev–Trinajstić information content (AvgIpc) is 2.74. The lowest BCUT2D eigenvalue weighted by Gasteiger charge is -2.35. The van der Waals surface area contributed by atoms with Crippen molar-refractivity contribution in [3.8, 4) is 0 Å². The number of aromatic nitrogens is 2. The van der Waals surface area contributed by atoms with Gasteiger partial charge in [-0.1, -0.05) is 12.2 Å². The van der Waals surface area contributed by atoms with Gasteiger partial charge in [0.15, 0.2) is 0 Å². The summed E-state index contributed by atoms with van der Waals surface area (Å²) in [4.78, 5) is 16.6. The summed E-state index contributed by atoms with van der Waals surface area (Å²) in [5.74, 6) is 1.07. The Morgan fingerprint density at radius 1 is 1.29 bits per heavy atom. The molecule has 1 saturated heterocycles. The maximum atomic E-state index is 5.62. The molecule has 0 atom stereocenters.